The lowest BCUT2D eigenvalue weighted by Gasteiger charge is -2.42. The average Bonchev–Trinajstić information content (AvgIpc) is 3.11. The fourth-order valence-corrected chi connectivity index (χ4v) is 6.78. The lowest BCUT2D eigenvalue weighted by atomic mass is 9.76. The molecule has 0 fully saturated rings. The lowest BCUT2D eigenvalue weighted by molar-refractivity contribution is -0.135. The Morgan fingerprint density at radius 2 is 1.38 bits per heavy atom. The first-order chi connectivity index (χ1) is 22.9. The molecule has 0 aliphatic heterocycles. The van der Waals surface area contributed by atoms with Crippen molar-refractivity contribution >= 4 is 17.8 Å². The molecule has 0 radical (unpaired) electrons. The number of aryl methyl sites for hydroxylation is 1. The average molecular weight is 624 g/mol. The van der Waals surface area contributed by atoms with Crippen molar-refractivity contribution in [1.29, 1.82) is 0 Å². The third-order valence-corrected chi connectivity index (χ3v) is 9.03. The number of hydrogen-bond donors (Lipinski definition) is 1. The summed E-state index contributed by atoms with van der Waals surface area (Å²) in [7, 11) is 1.37. The van der Waals surface area contributed by atoms with Gasteiger partial charge in [-0.1, -0.05) is 103 Å². The minimum atomic E-state index is -0.983. The predicted octanol–water partition coefficient (Wildman–Crippen LogP) is 7.96. The van der Waals surface area contributed by atoms with Gasteiger partial charge in [0.05, 0.1) is 30.7 Å². The Morgan fingerprint density at radius 3 is 2.17 bits per heavy atom. The normalized spacial score (nSPS) is 15.3. The van der Waals surface area contributed by atoms with E-state index < -0.39 is 11.9 Å². The second-order valence-electron chi connectivity index (χ2n) is 12.1. The Labute approximate surface area is 275 Å². The van der Waals surface area contributed by atoms with Crippen LogP contribution < -0.4 is 0 Å². The van der Waals surface area contributed by atoms with Gasteiger partial charge in [0.1, 0.15) is 0 Å². The Morgan fingerprint density at radius 1 is 0.723 bits per heavy atom. The first-order valence-electron chi connectivity index (χ1n) is 15.9. The molecule has 6 rings (SSSR count). The summed E-state index contributed by atoms with van der Waals surface area (Å²) in [5.74, 6) is -1.24. The molecule has 0 bridgehead atoms. The van der Waals surface area contributed by atoms with E-state index in [-0.39, 0.29) is 29.9 Å². The number of carbonyl (C=O) groups excluding carboxylic acids is 2. The molecule has 0 heterocycles. The minimum Gasteiger partial charge on any atom is -0.478 e. The van der Waals surface area contributed by atoms with Crippen molar-refractivity contribution in [2.45, 2.75) is 38.3 Å². The summed E-state index contributed by atoms with van der Waals surface area (Å²) in [4.78, 5) is 40.7. The Kier molecular flexibility index (Phi) is 9.58. The SMILES string of the molecule is COC(=O)c1cccc(CN(C(=O)Cc2cccc(-c3cccc(C(=O)O)c3)c2)C2c3ccccc3CCC2Cc2ccccc2)c1. The smallest absolute Gasteiger partial charge is 0.337 e. The molecule has 6 heteroatoms. The van der Waals surface area contributed by atoms with Crippen molar-refractivity contribution in [3.63, 3.8) is 0 Å². The Bertz CT molecular complexity index is 1900. The Balaban J connectivity index is 1.38. The molecule has 2 unspecified atom stereocenters. The molecule has 1 aliphatic rings. The van der Waals surface area contributed by atoms with Crippen LogP contribution in [0.2, 0.25) is 0 Å². The summed E-state index contributed by atoms with van der Waals surface area (Å²) in [6.07, 6.45) is 2.89. The van der Waals surface area contributed by atoms with Gasteiger partial charge in [0.2, 0.25) is 5.91 Å². The molecule has 0 saturated carbocycles. The van der Waals surface area contributed by atoms with Crippen LogP contribution in [0.25, 0.3) is 11.1 Å². The zero-order valence-electron chi connectivity index (χ0n) is 26.3. The number of carboxylic acid groups (broad SMARTS) is 1. The van der Waals surface area contributed by atoms with Gasteiger partial charge in [-0.25, -0.2) is 9.59 Å². The monoisotopic (exact) mass is 623 g/mol. The second-order valence-corrected chi connectivity index (χ2v) is 12.1. The van der Waals surface area contributed by atoms with E-state index in [0.717, 1.165) is 47.1 Å². The number of esters is 1. The number of carboxylic acids is 1. The summed E-state index contributed by atoms with van der Waals surface area (Å²) in [5, 5.41) is 9.51. The zero-order valence-corrected chi connectivity index (χ0v) is 26.3. The van der Waals surface area contributed by atoms with Gasteiger partial charge in [-0.05, 0) is 88.4 Å². The number of fused-ring (bicyclic) bond motifs is 1. The Hall–Kier alpha value is -5.49. The largest absolute Gasteiger partial charge is 0.478 e. The number of hydrogen-bond acceptors (Lipinski definition) is 4. The van der Waals surface area contributed by atoms with Gasteiger partial charge >= 0.3 is 11.9 Å². The van der Waals surface area contributed by atoms with Crippen molar-refractivity contribution in [1.82, 2.24) is 4.90 Å². The van der Waals surface area contributed by atoms with E-state index in [9.17, 15) is 19.5 Å². The molecule has 1 amide bonds. The minimum absolute atomic E-state index is 0.0235. The van der Waals surface area contributed by atoms with Crippen LogP contribution in [0.1, 0.15) is 61.0 Å². The number of carbonyl (C=O) groups is 3. The second kappa shape index (κ2) is 14.3. The van der Waals surface area contributed by atoms with E-state index in [4.69, 9.17) is 4.74 Å². The van der Waals surface area contributed by atoms with Gasteiger partial charge in [-0.3, -0.25) is 4.79 Å². The predicted molar refractivity (Wildman–Crippen MR) is 182 cm³/mol. The van der Waals surface area contributed by atoms with Crippen LogP contribution in [-0.4, -0.2) is 35.0 Å². The molecule has 1 aliphatic carbocycles. The number of ether oxygens (including phenoxy) is 1. The molecule has 5 aromatic rings. The van der Waals surface area contributed by atoms with Crippen molar-refractivity contribution in [2.75, 3.05) is 7.11 Å². The van der Waals surface area contributed by atoms with Crippen LogP contribution >= 0.6 is 0 Å². The van der Waals surface area contributed by atoms with Crippen LogP contribution in [0.15, 0.2) is 127 Å². The van der Waals surface area contributed by atoms with Crippen molar-refractivity contribution < 1.29 is 24.2 Å². The fraction of sp³-hybridized carbons (Fsp3) is 0.195. The van der Waals surface area contributed by atoms with Crippen molar-refractivity contribution in [2.24, 2.45) is 5.92 Å². The van der Waals surface area contributed by atoms with E-state index in [0.29, 0.717) is 12.1 Å². The molecule has 0 saturated heterocycles. The van der Waals surface area contributed by atoms with Crippen LogP contribution in [0.4, 0.5) is 0 Å². The standard InChI is InChI=1S/C41H37NO5/c1-47-41(46)36-18-8-13-30(24-36)27-42(38(43)25-29-12-7-15-32(23-29)33-16-9-17-35(26-33)40(44)45)39-34(22-28-10-3-2-4-11-28)21-20-31-14-5-6-19-37(31)39/h2-19,23-24,26,34,39H,20-22,25,27H2,1H3,(H,44,45). The number of nitrogens with zero attached hydrogens (tertiary/aromatic N) is 1. The molecule has 0 spiro atoms. The molecule has 236 valence electrons. The maximum Gasteiger partial charge on any atom is 0.337 e. The van der Waals surface area contributed by atoms with E-state index in [2.05, 4.69) is 42.5 Å². The summed E-state index contributed by atoms with van der Waals surface area (Å²) in [6, 6.07) is 40.5. The first kappa shape index (κ1) is 31.5. The highest BCUT2D eigenvalue weighted by molar-refractivity contribution is 5.90. The van der Waals surface area contributed by atoms with E-state index in [1.54, 1.807) is 24.3 Å². The highest BCUT2D eigenvalue weighted by Gasteiger charge is 2.36. The summed E-state index contributed by atoms with van der Waals surface area (Å²) in [6.45, 7) is 0.328. The fourth-order valence-electron chi connectivity index (χ4n) is 6.78. The maximum atomic E-state index is 14.6. The number of amides is 1. The van der Waals surface area contributed by atoms with Crippen LogP contribution in [0, 0.1) is 5.92 Å². The van der Waals surface area contributed by atoms with E-state index >= 15 is 0 Å². The molecule has 5 aromatic carbocycles. The van der Waals surface area contributed by atoms with Crippen molar-refractivity contribution in [3.05, 3.63) is 166 Å². The van der Waals surface area contributed by atoms with Gasteiger partial charge in [-0.15, -0.1) is 0 Å². The molecule has 2 atom stereocenters. The molecule has 6 nitrogen and oxygen atoms in total. The number of benzene rings is 5. The maximum absolute atomic E-state index is 14.6. The molecular formula is C41H37NO5. The van der Waals surface area contributed by atoms with Crippen LogP contribution in [-0.2, 0) is 35.3 Å². The quantitative estimate of drug-likeness (QED) is 0.160. The van der Waals surface area contributed by atoms with E-state index in [1.165, 1.54) is 18.2 Å². The summed E-state index contributed by atoms with van der Waals surface area (Å²) in [5.41, 5.74) is 7.62. The topological polar surface area (TPSA) is 83.9 Å². The van der Waals surface area contributed by atoms with Gasteiger partial charge < -0.3 is 14.7 Å². The number of aromatic carboxylic acids is 1. The third kappa shape index (κ3) is 7.33. The lowest BCUT2D eigenvalue weighted by Crippen LogP contribution is -2.42. The van der Waals surface area contributed by atoms with Crippen molar-refractivity contribution in [3.8, 4) is 11.1 Å². The molecular weight excluding hydrogens is 586 g/mol. The molecule has 0 aromatic heterocycles. The number of rotatable bonds is 10. The van der Waals surface area contributed by atoms with Gasteiger partial charge in [-0.2, -0.15) is 0 Å². The zero-order chi connectivity index (χ0) is 32.8. The highest BCUT2D eigenvalue weighted by Crippen LogP contribution is 2.41. The van der Waals surface area contributed by atoms with Gasteiger partial charge in [0.25, 0.3) is 0 Å². The van der Waals surface area contributed by atoms with E-state index in [1.807, 2.05) is 65.6 Å². The molecule has 47 heavy (non-hydrogen) atoms. The van der Waals surface area contributed by atoms with Gasteiger partial charge in [0.15, 0.2) is 0 Å². The summed E-state index contributed by atoms with van der Waals surface area (Å²) >= 11 is 0. The summed E-state index contributed by atoms with van der Waals surface area (Å²) < 4.78 is 4.99. The van der Waals surface area contributed by atoms with Crippen LogP contribution in [0.3, 0.4) is 0 Å². The third-order valence-electron chi connectivity index (χ3n) is 9.03. The highest BCUT2D eigenvalue weighted by atomic mass is 16.5. The van der Waals surface area contributed by atoms with Crippen LogP contribution in [0.5, 0.6) is 0 Å². The first-order valence-corrected chi connectivity index (χ1v) is 15.9. The number of methoxy groups -OCH3 is 1. The molecule has 1 N–H and O–H groups in total. The van der Waals surface area contributed by atoms with Gasteiger partial charge in [0, 0.05) is 6.54 Å².